The maximum absolute atomic E-state index is 13.3. The molecule has 1 aromatic carbocycles. The Bertz CT molecular complexity index is 577. The zero-order valence-electron chi connectivity index (χ0n) is 12.0. The molecule has 2 unspecified atom stereocenters. The monoisotopic (exact) mass is 275 g/mol. The van der Waals surface area contributed by atoms with Crippen molar-refractivity contribution in [1.29, 1.82) is 0 Å². The average molecular weight is 275 g/mol. The lowest BCUT2D eigenvalue weighted by molar-refractivity contribution is 0.369. The molecule has 1 saturated carbocycles. The molecule has 0 bridgehead atoms. The third kappa shape index (κ3) is 2.73. The SMILES string of the molecule is CCNC1CCCCCC1c1cc2cc(F)ccc2o1. The van der Waals surface area contributed by atoms with Gasteiger partial charge in [0.15, 0.2) is 0 Å². The number of rotatable bonds is 3. The van der Waals surface area contributed by atoms with E-state index in [1.165, 1.54) is 31.7 Å². The predicted octanol–water partition coefficient (Wildman–Crippen LogP) is 4.60. The third-order valence-corrected chi connectivity index (χ3v) is 4.35. The molecular formula is C17H22FNO. The van der Waals surface area contributed by atoms with E-state index in [4.69, 9.17) is 4.42 Å². The van der Waals surface area contributed by atoms with Crippen LogP contribution in [0.15, 0.2) is 28.7 Å². The van der Waals surface area contributed by atoms with Gasteiger partial charge in [-0.15, -0.1) is 0 Å². The standard InChI is InChI=1S/C17H22FNO/c1-2-19-15-7-5-3-4-6-14(15)17-11-12-10-13(18)8-9-16(12)20-17/h8-11,14-15,19H,2-7H2,1H3. The molecule has 0 spiro atoms. The van der Waals surface area contributed by atoms with E-state index < -0.39 is 0 Å². The van der Waals surface area contributed by atoms with Gasteiger partial charge in [0.25, 0.3) is 0 Å². The molecule has 3 heteroatoms. The largest absolute Gasteiger partial charge is 0.461 e. The van der Waals surface area contributed by atoms with Crippen molar-refractivity contribution < 1.29 is 8.81 Å². The molecule has 1 aromatic heterocycles. The molecule has 0 aliphatic heterocycles. The zero-order chi connectivity index (χ0) is 13.9. The van der Waals surface area contributed by atoms with Crippen LogP contribution in [-0.4, -0.2) is 12.6 Å². The number of hydrogen-bond acceptors (Lipinski definition) is 2. The van der Waals surface area contributed by atoms with Crippen molar-refractivity contribution in [3.05, 3.63) is 35.8 Å². The van der Waals surface area contributed by atoms with Crippen molar-refractivity contribution in [3.63, 3.8) is 0 Å². The molecule has 0 radical (unpaired) electrons. The third-order valence-electron chi connectivity index (χ3n) is 4.35. The molecule has 1 aliphatic carbocycles. The molecule has 1 fully saturated rings. The summed E-state index contributed by atoms with van der Waals surface area (Å²) in [6.07, 6.45) is 6.18. The van der Waals surface area contributed by atoms with Gasteiger partial charge in [0.05, 0.1) is 0 Å². The smallest absolute Gasteiger partial charge is 0.134 e. The number of fused-ring (bicyclic) bond motifs is 1. The topological polar surface area (TPSA) is 25.2 Å². The van der Waals surface area contributed by atoms with Crippen LogP contribution in [0.2, 0.25) is 0 Å². The minimum atomic E-state index is -0.200. The summed E-state index contributed by atoms with van der Waals surface area (Å²) in [6.45, 7) is 3.13. The molecule has 0 saturated heterocycles. The first-order valence-electron chi connectivity index (χ1n) is 7.70. The van der Waals surface area contributed by atoms with Crippen LogP contribution < -0.4 is 5.32 Å². The zero-order valence-corrected chi connectivity index (χ0v) is 12.0. The van der Waals surface area contributed by atoms with E-state index >= 15 is 0 Å². The number of halogens is 1. The van der Waals surface area contributed by atoms with Crippen LogP contribution in [0, 0.1) is 5.82 Å². The second-order valence-electron chi connectivity index (χ2n) is 5.74. The Labute approximate surface area is 119 Å². The van der Waals surface area contributed by atoms with Gasteiger partial charge in [-0.3, -0.25) is 0 Å². The van der Waals surface area contributed by atoms with Crippen LogP contribution >= 0.6 is 0 Å². The van der Waals surface area contributed by atoms with E-state index in [9.17, 15) is 4.39 Å². The van der Waals surface area contributed by atoms with E-state index in [0.29, 0.717) is 12.0 Å². The average Bonchev–Trinajstić information content (AvgIpc) is 2.70. The summed E-state index contributed by atoms with van der Waals surface area (Å²) < 4.78 is 19.3. The highest BCUT2D eigenvalue weighted by Gasteiger charge is 2.27. The summed E-state index contributed by atoms with van der Waals surface area (Å²) in [6, 6.07) is 7.25. The predicted molar refractivity (Wildman–Crippen MR) is 79.5 cm³/mol. The summed E-state index contributed by atoms with van der Waals surface area (Å²) in [4.78, 5) is 0. The van der Waals surface area contributed by atoms with Gasteiger partial charge in [0.2, 0.25) is 0 Å². The molecular weight excluding hydrogens is 253 g/mol. The molecule has 1 aliphatic rings. The van der Waals surface area contributed by atoms with E-state index in [-0.39, 0.29) is 5.82 Å². The fourth-order valence-corrected chi connectivity index (χ4v) is 3.37. The Kier molecular flexibility index (Phi) is 4.06. The normalized spacial score (nSPS) is 23.9. The second kappa shape index (κ2) is 5.96. The second-order valence-corrected chi connectivity index (χ2v) is 5.74. The van der Waals surface area contributed by atoms with Crippen molar-refractivity contribution in [2.45, 2.75) is 51.0 Å². The Balaban J connectivity index is 1.93. The number of nitrogens with one attached hydrogen (secondary N) is 1. The van der Waals surface area contributed by atoms with Crippen molar-refractivity contribution >= 4 is 11.0 Å². The lowest BCUT2D eigenvalue weighted by Gasteiger charge is -2.24. The summed E-state index contributed by atoms with van der Waals surface area (Å²) >= 11 is 0. The summed E-state index contributed by atoms with van der Waals surface area (Å²) in [5.41, 5.74) is 0.792. The number of benzene rings is 1. The van der Waals surface area contributed by atoms with Crippen LogP contribution in [0.4, 0.5) is 4.39 Å². The quantitative estimate of drug-likeness (QED) is 0.828. The first-order chi connectivity index (χ1) is 9.78. The molecule has 0 amide bonds. The van der Waals surface area contributed by atoms with Crippen molar-refractivity contribution in [2.75, 3.05) is 6.54 Å². The van der Waals surface area contributed by atoms with Gasteiger partial charge >= 0.3 is 0 Å². The van der Waals surface area contributed by atoms with Crippen LogP contribution in [0.5, 0.6) is 0 Å². The molecule has 2 aromatic rings. The molecule has 108 valence electrons. The fraction of sp³-hybridized carbons (Fsp3) is 0.529. The Morgan fingerprint density at radius 1 is 1.20 bits per heavy atom. The highest BCUT2D eigenvalue weighted by atomic mass is 19.1. The van der Waals surface area contributed by atoms with Gasteiger partial charge in [-0.05, 0) is 43.7 Å². The maximum Gasteiger partial charge on any atom is 0.134 e. The molecule has 3 rings (SSSR count). The van der Waals surface area contributed by atoms with E-state index in [1.807, 2.05) is 6.07 Å². The number of furan rings is 1. The molecule has 1 heterocycles. The van der Waals surface area contributed by atoms with Crippen LogP contribution in [0.25, 0.3) is 11.0 Å². The van der Waals surface area contributed by atoms with Gasteiger partial charge < -0.3 is 9.73 Å². The summed E-state index contributed by atoms with van der Waals surface area (Å²) in [5, 5.41) is 4.47. The Hall–Kier alpha value is -1.35. The van der Waals surface area contributed by atoms with E-state index in [1.54, 1.807) is 12.1 Å². The van der Waals surface area contributed by atoms with Crippen LogP contribution in [0.3, 0.4) is 0 Å². The highest BCUT2D eigenvalue weighted by Crippen LogP contribution is 2.35. The molecule has 2 nitrogen and oxygen atoms in total. The Morgan fingerprint density at radius 3 is 2.90 bits per heavy atom. The summed E-state index contributed by atoms with van der Waals surface area (Å²) in [5.74, 6) is 1.22. The van der Waals surface area contributed by atoms with Gasteiger partial charge in [-0.25, -0.2) is 4.39 Å². The van der Waals surface area contributed by atoms with Gasteiger partial charge in [-0.1, -0.05) is 26.2 Å². The van der Waals surface area contributed by atoms with Crippen molar-refractivity contribution in [3.8, 4) is 0 Å². The molecule has 20 heavy (non-hydrogen) atoms. The minimum absolute atomic E-state index is 0.200. The fourth-order valence-electron chi connectivity index (χ4n) is 3.37. The number of likely N-dealkylation sites (N-methyl/N-ethyl adjacent to an activating group) is 1. The van der Waals surface area contributed by atoms with Crippen LogP contribution in [0.1, 0.15) is 50.7 Å². The van der Waals surface area contributed by atoms with Gasteiger partial charge in [0.1, 0.15) is 17.2 Å². The van der Waals surface area contributed by atoms with Gasteiger partial charge in [-0.2, -0.15) is 0 Å². The molecule has 1 N–H and O–H groups in total. The van der Waals surface area contributed by atoms with Crippen LogP contribution in [-0.2, 0) is 0 Å². The summed E-state index contributed by atoms with van der Waals surface area (Å²) in [7, 11) is 0. The Morgan fingerprint density at radius 2 is 2.05 bits per heavy atom. The first kappa shape index (κ1) is 13.6. The van der Waals surface area contributed by atoms with E-state index in [0.717, 1.165) is 29.7 Å². The number of hydrogen-bond donors (Lipinski definition) is 1. The first-order valence-corrected chi connectivity index (χ1v) is 7.70. The minimum Gasteiger partial charge on any atom is -0.461 e. The van der Waals surface area contributed by atoms with Crippen molar-refractivity contribution in [2.24, 2.45) is 0 Å². The van der Waals surface area contributed by atoms with Crippen molar-refractivity contribution in [1.82, 2.24) is 5.32 Å². The van der Waals surface area contributed by atoms with E-state index in [2.05, 4.69) is 12.2 Å². The lowest BCUT2D eigenvalue weighted by atomic mass is 9.92. The molecule has 2 atom stereocenters. The maximum atomic E-state index is 13.3. The van der Waals surface area contributed by atoms with Gasteiger partial charge in [0, 0.05) is 17.3 Å². The lowest BCUT2D eigenvalue weighted by Crippen LogP contribution is -2.33. The highest BCUT2D eigenvalue weighted by molar-refractivity contribution is 5.78.